The first kappa shape index (κ1) is 14.2. The van der Waals surface area contributed by atoms with Gasteiger partial charge in [0.15, 0.2) is 0 Å². The molecule has 1 N–H and O–H groups in total. The fourth-order valence-corrected chi connectivity index (χ4v) is 4.32. The summed E-state index contributed by atoms with van der Waals surface area (Å²) in [5.74, 6) is 0.322. The summed E-state index contributed by atoms with van der Waals surface area (Å²) in [6.07, 6.45) is 10.9. The topological polar surface area (TPSA) is 32.3 Å². The minimum atomic E-state index is 0.0567. The summed E-state index contributed by atoms with van der Waals surface area (Å²) in [5, 5.41) is 3.15. The monoisotopic (exact) mass is 270 g/mol. The van der Waals surface area contributed by atoms with Crippen molar-refractivity contribution in [3.8, 4) is 0 Å². The molecule has 3 nitrogen and oxygen atoms in total. The quantitative estimate of drug-likeness (QED) is 0.850. The second-order valence-corrected chi connectivity index (χ2v) is 6.97. The molecule has 1 amide bonds. The standard InChI is InChI=1S/C14H26N2OS/c1-15-12-7-6-10-16(13(12)17)11-14(18-2)8-4-3-5-9-14/h12,15H,3-11H2,1-2H3. The lowest BCUT2D eigenvalue weighted by Crippen LogP contribution is -2.54. The SMILES string of the molecule is CNC1CCCN(CC2(SC)CCCCC2)C1=O. The number of hydrogen-bond donors (Lipinski definition) is 1. The van der Waals surface area contributed by atoms with E-state index in [1.807, 2.05) is 18.8 Å². The Morgan fingerprint density at radius 1 is 1.33 bits per heavy atom. The molecular weight excluding hydrogens is 244 g/mol. The zero-order valence-electron chi connectivity index (χ0n) is 11.7. The maximum absolute atomic E-state index is 12.3. The van der Waals surface area contributed by atoms with Gasteiger partial charge in [-0.15, -0.1) is 0 Å². The van der Waals surface area contributed by atoms with Crippen molar-refractivity contribution in [1.29, 1.82) is 0 Å². The zero-order valence-corrected chi connectivity index (χ0v) is 12.5. The van der Waals surface area contributed by atoms with Crippen LogP contribution in [0.2, 0.25) is 0 Å². The molecular formula is C14H26N2OS. The second kappa shape index (κ2) is 6.29. The van der Waals surface area contributed by atoms with E-state index in [2.05, 4.69) is 16.5 Å². The highest BCUT2D eigenvalue weighted by Gasteiger charge is 2.37. The van der Waals surface area contributed by atoms with E-state index in [4.69, 9.17) is 0 Å². The molecule has 1 atom stereocenters. The van der Waals surface area contributed by atoms with Crippen LogP contribution in [0, 0.1) is 0 Å². The maximum atomic E-state index is 12.3. The summed E-state index contributed by atoms with van der Waals surface area (Å²) in [4.78, 5) is 14.5. The number of carbonyl (C=O) groups is 1. The van der Waals surface area contributed by atoms with Gasteiger partial charge in [-0.3, -0.25) is 4.79 Å². The lowest BCUT2D eigenvalue weighted by atomic mass is 9.87. The fourth-order valence-electron chi connectivity index (χ4n) is 3.34. The van der Waals surface area contributed by atoms with E-state index in [9.17, 15) is 4.79 Å². The second-order valence-electron chi connectivity index (χ2n) is 5.69. The molecule has 2 aliphatic rings. The van der Waals surface area contributed by atoms with Crippen LogP contribution in [0.5, 0.6) is 0 Å². The number of nitrogens with zero attached hydrogens (tertiary/aromatic N) is 1. The Hall–Kier alpha value is -0.220. The highest BCUT2D eigenvalue weighted by Crippen LogP contribution is 2.39. The number of piperidine rings is 1. The van der Waals surface area contributed by atoms with Crippen molar-refractivity contribution >= 4 is 17.7 Å². The van der Waals surface area contributed by atoms with Crippen molar-refractivity contribution in [1.82, 2.24) is 10.2 Å². The molecule has 4 heteroatoms. The van der Waals surface area contributed by atoms with Crippen molar-refractivity contribution in [3.05, 3.63) is 0 Å². The molecule has 0 radical (unpaired) electrons. The molecule has 0 spiro atoms. The molecule has 0 bridgehead atoms. The summed E-state index contributed by atoms with van der Waals surface area (Å²) in [6, 6.07) is 0.0567. The molecule has 0 aromatic rings. The molecule has 104 valence electrons. The van der Waals surface area contributed by atoms with Crippen LogP contribution >= 0.6 is 11.8 Å². The molecule has 2 rings (SSSR count). The summed E-state index contributed by atoms with van der Waals surface area (Å²) in [7, 11) is 1.90. The third-order valence-corrected chi connectivity index (χ3v) is 5.96. The van der Waals surface area contributed by atoms with E-state index in [0.717, 1.165) is 25.9 Å². The van der Waals surface area contributed by atoms with Crippen LogP contribution in [-0.4, -0.2) is 48.0 Å². The van der Waals surface area contributed by atoms with Gasteiger partial charge in [-0.1, -0.05) is 19.3 Å². The number of carbonyl (C=O) groups excluding carboxylic acids is 1. The minimum absolute atomic E-state index is 0.0567. The normalized spacial score (nSPS) is 28.4. The third kappa shape index (κ3) is 3.02. The number of hydrogen-bond acceptors (Lipinski definition) is 3. The van der Waals surface area contributed by atoms with Gasteiger partial charge in [0, 0.05) is 17.8 Å². The molecule has 2 fully saturated rings. The first-order valence-electron chi connectivity index (χ1n) is 7.22. The van der Waals surface area contributed by atoms with Crippen LogP contribution < -0.4 is 5.32 Å². The van der Waals surface area contributed by atoms with E-state index in [0.29, 0.717) is 10.7 Å². The van der Waals surface area contributed by atoms with Crippen molar-refractivity contribution in [2.24, 2.45) is 0 Å². The van der Waals surface area contributed by atoms with Gasteiger partial charge in [-0.2, -0.15) is 11.8 Å². The van der Waals surface area contributed by atoms with Crippen molar-refractivity contribution in [3.63, 3.8) is 0 Å². The van der Waals surface area contributed by atoms with E-state index in [-0.39, 0.29) is 6.04 Å². The van der Waals surface area contributed by atoms with Gasteiger partial charge in [-0.05, 0) is 39.0 Å². The number of amides is 1. The maximum Gasteiger partial charge on any atom is 0.239 e. The minimum Gasteiger partial charge on any atom is -0.340 e. The molecule has 1 saturated heterocycles. The zero-order chi connectivity index (χ0) is 13.0. The average Bonchev–Trinajstić information content (AvgIpc) is 2.42. The molecule has 1 heterocycles. The van der Waals surface area contributed by atoms with E-state index >= 15 is 0 Å². The molecule has 0 aromatic heterocycles. The molecule has 18 heavy (non-hydrogen) atoms. The van der Waals surface area contributed by atoms with Gasteiger partial charge in [-0.25, -0.2) is 0 Å². The predicted octanol–water partition coefficient (Wildman–Crippen LogP) is 2.26. The van der Waals surface area contributed by atoms with Crippen molar-refractivity contribution in [2.75, 3.05) is 26.4 Å². The fraction of sp³-hybridized carbons (Fsp3) is 0.929. The molecule has 1 saturated carbocycles. The van der Waals surface area contributed by atoms with Crippen LogP contribution in [0.25, 0.3) is 0 Å². The summed E-state index contributed by atoms with van der Waals surface area (Å²) in [5.41, 5.74) is 0. The Bertz CT molecular complexity index is 290. The number of rotatable bonds is 4. The summed E-state index contributed by atoms with van der Waals surface area (Å²) in [6.45, 7) is 1.92. The van der Waals surface area contributed by atoms with Crippen LogP contribution in [0.4, 0.5) is 0 Å². The number of nitrogens with one attached hydrogen (secondary N) is 1. The Balaban J connectivity index is 2.00. The molecule has 1 aliphatic carbocycles. The largest absolute Gasteiger partial charge is 0.340 e. The van der Waals surface area contributed by atoms with Gasteiger partial charge in [0.2, 0.25) is 5.91 Å². The number of likely N-dealkylation sites (tertiary alicyclic amines) is 1. The van der Waals surface area contributed by atoms with Gasteiger partial charge in [0.05, 0.1) is 6.04 Å². The first-order valence-corrected chi connectivity index (χ1v) is 8.44. The first-order chi connectivity index (χ1) is 8.71. The van der Waals surface area contributed by atoms with Gasteiger partial charge in [0.1, 0.15) is 0 Å². The van der Waals surface area contributed by atoms with Crippen LogP contribution in [0.3, 0.4) is 0 Å². The van der Waals surface area contributed by atoms with Gasteiger partial charge in [0.25, 0.3) is 0 Å². The van der Waals surface area contributed by atoms with Crippen LogP contribution in [0.1, 0.15) is 44.9 Å². The van der Waals surface area contributed by atoms with Crippen molar-refractivity contribution < 1.29 is 4.79 Å². The lowest BCUT2D eigenvalue weighted by molar-refractivity contribution is -0.136. The Morgan fingerprint density at radius 3 is 2.67 bits per heavy atom. The van der Waals surface area contributed by atoms with E-state index < -0.39 is 0 Å². The van der Waals surface area contributed by atoms with Crippen LogP contribution in [0.15, 0.2) is 0 Å². The summed E-state index contributed by atoms with van der Waals surface area (Å²) < 4.78 is 0.337. The Kier molecular flexibility index (Phi) is 4.96. The highest BCUT2D eigenvalue weighted by molar-refractivity contribution is 8.00. The predicted molar refractivity (Wildman–Crippen MR) is 78.0 cm³/mol. The summed E-state index contributed by atoms with van der Waals surface area (Å²) >= 11 is 1.98. The van der Waals surface area contributed by atoms with Crippen molar-refractivity contribution in [2.45, 2.75) is 55.7 Å². The van der Waals surface area contributed by atoms with E-state index in [1.165, 1.54) is 32.1 Å². The van der Waals surface area contributed by atoms with Gasteiger partial charge < -0.3 is 10.2 Å². The Morgan fingerprint density at radius 2 is 2.06 bits per heavy atom. The molecule has 1 aliphatic heterocycles. The van der Waals surface area contributed by atoms with Crippen LogP contribution in [-0.2, 0) is 4.79 Å². The molecule has 1 unspecified atom stereocenters. The highest BCUT2D eigenvalue weighted by atomic mass is 32.2. The number of thioether (sulfide) groups is 1. The Labute approximate surface area is 115 Å². The average molecular weight is 270 g/mol. The van der Waals surface area contributed by atoms with E-state index in [1.54, 1.807) is 0 Å². The number of likely N-dealkylation sites (N-methyl/N-ethyl adjacent to an activating group) is 1. The van der Waals surface area contributed by atoms with Gasteiger partial charge >= 0.3 is 0 Å². The molecule has 0 aromatic carbocycles. The smallest absolute Gasteiger partial charge is 0.239 e. The third-order valence-electron chi connectivity index (χ3n) is 4.56. The lowest BCUT2D eigenvalue weighted by Gasteiger charge is -2.42.